The number of imide groups is 1. The summed E-state index contributed by atoms with van der Waals surface area (Å²) >= 11 is 0. The van der Waals surface area contributed by atoms with Crippen LogP contribution in [0, 0.1) is 0 Å². The molecule has 0 radical (unpaired) electrons. The fraction of sp³-hybridized carbons (Fsp3) is 0.0769. The highest BCUT2D eigenvalue weighted by Gasteiger charge is 2.34. The van der Waals surface area contributed by atoms with Gasteiger partial charge in [-0.1, -0.05) is 60.7 Å². The van der Waals surface area contributed by atoms with Crippen molar-refractivity contribution in [1.29, 1.82) is 0 Å². The molecular weight excluding hydrogens is 598 g/mol. The quantitative estimate of drug-likeness (QED) is 0.201. The van der Waals surface area contributed by atoms with Crippen LogP contribution in [0.2, 0.25) is 0 Å². The second kappa shape index (κ2) is 11.1. The monoisotopic (exact) mass is 625 g/mol. The third-order valence-electron chi connectivity index (χ3n) is 9.01. The van der Waals surface area contributed by atoms with Crippen LogP contribution in [0.3, 0.4) is 0 Å². The molecule has 9 aromatic rings. The first-order valence-corrected chi connectivity index (χ1v) is 15.8. The molecule has 10 rings (SSSR count). The minimum atomic E-state index is -0.214. The largest absolute Gasteiger partial charge is 0.354 e. The second-order valence-electron chi connectivity index (χ2n) is 11.8. The van der Waals surface area contributed by atoms with Gasteiger partial charge in [0.05, 0.1) is 38.7 Å². The van der Waals surface area contributed by atoms with Crippen molar-refractivity contribution in [1.82, 2.24) is 34.4 Å². The van der Waals surface area contributed by atoms with E-state index in [9.17, 15) is 9.59 Å². The van der Waals surface area contributed by atoms with Gasteiger partial charge in [-0.15, -0.1) is 0 Å². The van der Waals surface area contributed by atoms with Crippen LogP contribution in [0.15, 0.2) is 122 Å². The molecule has 0 atom stereocenters. The summed E-state index contributed by atoms with van der Waals surface area (Å²) in [5, 5.41) is 3.41. The van der Waals surface area contributed by atoms with E-state index < -0.39 is 0 Å². The number of hydrogen-bond donors (Lipinski definition) is 1. The molecule has 0 unspecified atom stereocenters. The van der Waals surface area contributed by atoms with Crippen molar-refractivity contribution >= 4 is 77.8 Å². The topological polar surface area (TPSA) is 110 Å². The van der Waals surface area contributed by atoms with Gasteiger partial charge in [-0.2, -0.15) is 0 Å². The molecule has 1 aliphatic heterocycles. The highest BCUT2D eigenvalue weighted by Crippen LogP contribution is 2.31. The van der Waals surface area contributed by atoms with Crippen molar-refractivity contribution in [3.63, 3.8) is 0 Å². The number of aryl methyl sites for hydroxylation is 1. The van der Waals surface area contributed by atoms with Crippen molar-refractivity contribution in [2.24, 2.45) is 0 Å². The Morgan fingerprint density at radius 1 is 0.562 bits per heavy atom. The van der Waals surface area contributed by atoms with Gasteiger partial charge in [-0.3, -0.25) is 24.5 Å². The Morgan fingerprint density at radius 2 is 1.23 bits per heavy atom. The van der Waals surface area contributed by atoms with Crippen molar-refractivity contribution < 1.29 is 9.59 Å². The Labute approximate surface area is 273 Å². The molecular formula is C39H27N7O2. The first-order valence-electron chi connectivity index (χ1n) is 15.8. The summed E-state index contributed by atoms with van der Waals surface area (Å²) in [5.74, 6) is -0.429. The Kier molecular flexibility index (Phi) is 6.43. The number of fused-ring (bicyclic) bond motifs is 10. The van der Waals surface area contributed by atoms with E-state index in [4.69, 9.17) is 9.97 Å². The maximum absolute atomic E-state index is 12.6. The van der Waals surface area contributed by atoms with Crippen molar-refractivity contribution in [3.05, 3.63) is 133 Å². The van der Waals surface area contributed by atoms with Gasteiger partial charge in [0.2, 0.25) is 0 Å². The first kappa shape index (κ1) is 27.8. The number of para-hydroxylation sites is 4. The van der Waals surface area contributed by atoms with E-state index in [2.05, 4.69) is 49.9 Å². The highest BCUT2D eigenvalue weighted by atomic mass is 16.2. The van der Waals surface area contributed by atoms with Gasteiger partial charge >= 0.3 is 0 Å². The van der Waals surface area contributed by atoms with E-state index in [1.165, 1.54) is 10.3 Å². The Balaban J connectivity index is 0.000000155. The van der Waals surface area contributed by atoms with Crippen LogP contribution in [0.1, 0.15) is 27.1 Å². The maximum atomic E-state index is 12.6. The van der Waals surface area contributed by atoms with Crippen LogP contribution >= 0.6 is 0 Å². The predicted octanol–water partition coefficient (Wildman–Crippen LogP) is 7.69. The fourth-order valence-corrected chi connectivity index (χ4v) is 6.81. The molecule has 9 nitrogen and oxygen atoms in total. The van der Waals surface area contributed by atoms with Crippen LogP contribution in [0.5, 0.6) is 0 Å². The number of nitrogens with one attached hydrogen (secondary N) is 1. The van der Waals surface area contributed by atoms with Crippen LogP contribution in [-0.2, 0) is 6.54 Å². The summed E-state index contributed by atoms with van der Waals surface area (Å²) in [5.41, 5.74) is 9.58. The SMILES string of the molecule is O=C1c2ccccc2C(=O)N1CCCn1c2ccccc2c2nc3ccccc3nc21.c1ccc2c(c1)[nH]c1ccc3nccnc3c12. The van der Waals surface area contributed by atoms with Crippen molar-refractivity contribution in [3.8, 4) is 0 Å². The number of hydrogen-bond acceptors (Lipinski definition) is 6. The normalized spacial score (nSPS) is 12.9. The summed E-state index contributed by atoms with van der Waals surface area (Å²) in [6, 6.07) is 35.3. The van der Waals surface area contributed by atoms with Gasteiger partial charge in [0.15, 0.2) is 5.65 Å². The number of H-pyrrole nitrogens is 1. The minimum Gasteiger partial charge on any atom is -0.354 e. The number of nitrogens with zero attached hydrogens (tertiary/aromatic N) is 6. The van der Waals surface area contributed by atoms with Crippen LogP contribution in [0.4, 0.5) is 0 Å². The smallest absolute Gasteiger partial charge is 0.261 e. The van der Waals surface area contributed by atoms with Gasteiger partial charge < -0.3 is 9.55 Å². The molecule has 48 heavy (non-hydrogen) atoms. The van der Waals surface area contributed by atoms with E-state index in [-0.39, 0.29) is 11.8 Å². The Bertz CT molecular complexity index is 2690. The van der Waals surface area contributed by atoms with E-state index >= 15 is 0 Å². The van der Waals surface area contributed by atoms with E-state index in [0.717, 1.165) is 60.6 Å². The number of aromatic amines is 1. The van der Waals surface area contributed by atoms with E-state index in [1.54, 1.807) is 36.7 Å². The zero-order valence-electron chi connectivity index (χ0n) is 25.7. The molecule has 1 N–H and O–H groups in total. The van der Waals surface area contributed by atoms with Crippen molar-refractivity contribution in [2.75, 3.05) is 6.54 Å². The zero-order chi connectivity index (χ0) is 32.2. The third kappa shape index (κ3) is 4.39. The Morgan fingerprint density at radius 3 is 2.04 bits per heavy atom. The lowest BCUT2D eigenvalue weighted by Gasteiger charge is -2.14. The molecule has 1 aliphatic rings. The molecule has 230 valence electrons. The second-order valence-corrected chi connectivity index (χ2v) is 11.8. The first-order chi connectivity index (χ1) is 23.7. The summed E-state index contributed by atoms with van der Waals surface area (Å²) in [4.78, 5) is 48.6. The summed E-state index contributed by atoms with van der Waals surface area (Å²) in [6.45, 7) is 0.992. The number of carbonyl (C=O) groups excluding carboxylic acids is 2. The lowest BCUT2D eigenvalue weighted by atomic mass is 10.1. The summed E-state index contributed by atoms with van der Waals surface area (Å²) in [6.07, 6.45) is 4.10. The molecule has 0 aliphatic carbocycles. The van der Waals surface area contributed by atoms with Gasteiger partial charge in [0.25, 0.3) is 11.8 Å². The maximum Gasteiger partial charge on any atom is 0.261 e. The molecule has 0 saturated heterocycles. The minimum absolute atomic E-state index is 0.214. The lowest BCUT2D eigenvalue weighted by Crippen LogP contribution is -2.31. The molecule has 0 bridgehead atoms. The number of benzene rings is 5. The molecule has 5 heterocycles. The number of rotatable bonds is 4. The van der Waals surface area contributed by atoms with Crippen molar-refractivity contribution in [2.45, 2.75) is 13.0 Å². The van der Waals surface area contributed by atoms with Gasteiger partial charge in [-0.05, 0) is 55.0 Å². The average Bonchev–Trinajstić information content (AvgIpc) is 3.75. The molecule has 4 aromatic heterocycles. The summed E-state index contributed by atoms with van der Waals surface area (Å²) in [7, 11) is 0. The molecule has 2 amide bonds. The lowest BCUT2D eigenvalue weighted by molar-refractivity contribution is 0.0651. The average molecular weight is 626 g/mol. The van der Waals surface area contributed by atoms with E-state index in [1.807, 2.05) is 54.6 Å². The van der Waals surface area contributed by atoms with Gasteiger partial charge in [0.1, 0.15) is 5.52 Å². The highest BCUT2D eigenvalue weighted by molar-refractivity contribution is 6.21. The van der Waals surface area contributed by atoms with Gasteiger partial charge in [0, 0.05) is 52.7 Å². The molecule has 9 heteroatoms. The van der Waals surface area contributed by atoms with Gasteiger partial charge in [-0.25, -0.2) is 9.97 Å². The molecule has 0 saturated carbocycles. The standard InChI is InChI=1S/C25H18N4O2.C14H9N3/c30-24-16-8-1-2-9-17(16)25(31)29(24)15-7-14-28-21-13-6-3-10-18(21)22-23(28)27-20-12-5-4-11-19(20)26-22;1-2-4-10-9(3-1)13-11(17-10)5-6-12-14(13)16-8-7-15-12/h1-6,8-13H,7,14-15H2;1-8,17H. The van der Waals surface area contributed by atoms with Crippen LogP contribution < -0.4 is 0 Å². The third-order valence-corrected chi connectivity index (χ3v) is 9.01. The van der Waals surface area contributed by atoms with Crippen LogP contribution in [0.25, 0.3) is 65.9 Å². The fourth-order valence-electron chi connectivity index (χ4n) is 6.81. The zero-order valence-corrected chi connectivity index (χ0v) is 25.7. The summed E-state index contributed by atoms with van der Waals surface area (Å²) < 4.78 is 2.14. The molecule has 5 aromatic carbocycles. The molecule has 0 fully saturated rings. The number of amides is 2. The number of carbonyl (C=O) groups is 2. The molecule has 0 spiro atoms. The Hall–Kier alpha value is -6.48. The van der Waals surface area contributed by atoms with E-state index in [0.29, 0.717) is 30.6 Å². The van der Waals surface area contributed by atoms with Crippen LogP contribution in [-0.4, -0.2) is 52.7 Å². The predicted molar refractivity (Wildman–Crippen MR) is 188 cm³/mol. The number of aromatic nitrogens is 6.